The fourth-order valence-electron chi connectivity index (χ4n) is 2.07. The third-order valence-corrected chi connectivity index (χ3v) is 6.18. The van der Waals surface area contributed by atoms with Gasteiger partial charge in [0, 0.05) is 5.56 Å². The molecule has 3 rings (SSSR count). The second kappa shape index (κ2) is 6.81. The molecule has 0 aliphatic carbocycles. The van der Waals surface area contributed by atoms with E-state index in [2.05, 4.69) is 9.71 Å². The summed E-state index contributed by atoms with van der Waals surface area (Å²) in [5.41, 5.74) is -0.136. The van der Waals surface area contributed by atoms with Crippen LogP contribution in [0.25, 0.3) is 10.6 Å². The van der Waals surface area contributed by atoms with Gasteiger partial charge >= 0.3 is 5.97 Å². The van der Waals surface area contributed by atoms with E-state index in [4.69, 9.17) is 5.11 Å². The first-order chi connectivity index (χ1) is 12.3. The van der Waals surface area contributed by atoms with Crippen LogP contribution in [0, 0.1) is 11.6 Å². The van der Waals surface area contributed by atoms with E-state index < -0.39 is 33.2 Å². The zero-order chi connectivity index (χ0) is 18.9. The maximum absolute atomic E-state index is 13.7. The van der Waals surface area contributed by atoms with Crippen LogP contribution in [-0.4, -0.2) is 24.5 Å². The molecule has 6 nitrogen and oxygen atoms in total. The smallest absolute Gasteiger partial charge is 0.338 e. The highest BCUT2D eigenvalue weighted by molar-refractivity contribution is 7.94. The third kappa shape index (κ3) is 3.70. The molecule has 0 fully saturated rings. The number of carbonyl (C=O) groups is 1. The first-order valence-corrected chi connectivity index (χ1v) is 9.34. The second-order valence-electron chi connectivity index (χ2n) is 5.10. The fourth-order valence-corrected chi connectivity index (χ4v) is 4.25. The van der Waals surface area contributed by atoms with Crippen molar-refractivity contribution in [1.29, 1.82) is 0 Å². The van der Waals surface area contributed by atoms with Crippen LogP contribution >= 0.6 is 11.3 Å². The largest absolute Gasteiger partial charge is 0.478 e. The molecule has 1 heterocycles. The van der Waals surface area contributed by atoms with E-state index in [1.165, 1.54) is 24.3 Å². The molecule has 1 aromatic heterocycles. The van der Waals surface area contributed by atoms with E-state index >= 15 is 0 Å². The number of nitrogens with one attached hydrogen (secondary N) is 1. The van der Waals surface area contributed by atoms with Crippen LogP contribution in [0.4, 0.5) is 14.5 Å². The van der Waals surface area contributed by atoms with Crippen molar-refractivity contribution in [3.63, 3.8) is 0 Å². The molecular formula is C16H10F2N2O4S2. The van der Waals surface area contributed by atoms with E-state index in [1.54, 1.807) is 0 Å². The minimum Gasteiger partial charge on any atom is -0.478 e. The summed E-state index contributed by atoms with van der Waals surface area (Å²) in [7, 11) is -4.04. The number of aromatic nitrogens is 1. The maximum Gasteiger partial charge on any atom is 0.338 e. The molecule has 2 N–H and O–H groups in total. The number of halogens is 2. The van der Waals surface area contributed by atoms with Gasteiger partial charge in [0.25, 0.3) is 10.0 Å². The quantitative estimate of drug-likeness (QED) is 0.687. The summed E-state index contributed by atoms with van der Waals surface area (Å²) in [6, 6.07) is 8.29. The molecule has 0 aliphatic rings. The van der Waals surface area contributed by atoms with Crippen molar-refractivity contribution in [2.45, 2.75) is 4.21 Å². The van der Waals surface area contributed by atoms with Gasteiger partial charge < -0.3 is 5.11 Å². The summed E-state index contributed by atoms with van der Waals surface area (Å²) < 4.78 is 53.5. The van der Waals surface area contributed by atoms with Gasteiger partial charge in [-0.3, -0.25) is 4.72 Å². The topological polar surface area (TPSA) is 96.4 Å². The summed E-state index contributed by atoms with van der Waals surface area (Å²) in [6.07, 6.45) is 1.13. The average molecular weight is 396 g/mol. The Morgan fingerprint density at radius 2 is 1.81 bits per heavy atom. The van der Waals surface area contributed by atoms with Crippen LogP contribution in [-0.2, 0) is 10.0 Å². The Morgan fingerprint density at radius 1 is 1.12 bits per heavy atom. The first kappa shape index (κ1) is 18.0. The fraction of sp³-hybridized carbons (Fsp3) is 0. The van der Waals surface area contributed by atoms with Crippen LogP contribution in [0.2, 0.25) is 0 Å². The minimum absolute atomic E-state index is 0.121. The molecule has 0 bridgehead atoms. The predicted octanol–water partition coefficient (Wildman–Crippen LogP) is 3.59. The van der Waals surface area contributed by atoms with Gasteiger partial charge in [0.05, 0.1) is 17.4 Å². The molecule has 0 atom stereocenters. The van der Waals surface area contributed by atoms with E-state index in [9.17, 15) is 22.0 Å². The lowest BCUT2D eigenvalue weighted by Crippen LogP contribution is -2.12. The zero-order valence-electron chi connectivity index (χ0n) is 12.8. The van der Waals surface area contributed by atoms with Crippen LogP contribution in [0.3, 0.4) is 0 Å². The molecule has 0 amide bonds. The van der Waals surface area contributed by atoms with Gasteiger partial charge in [-0.2, -0.15) is 0 Å². The van der Waals surface area contributed by atoms with Crippen molar-refractivity contribution in [1.82, 2.24) is 4.98 Å². The molecule has 26 heavy (non-hydrogen) atoms. The van der Waals surface area contributed by atoms with Gasteiger partial charge in [-0.15, -0.1) is 11.3 Å². The van der Waals surface area contributed by atoms with Crippen molar-refractivity contribution in [2.75, 3.05) is 4.72 Å². The molecule has 10 heteroatoms. The van der Waals surface area contributed by atoms with Gasteiger partial charge in [0.1, 0.15) is 16.6 Å². The van der Waals surface area contributed by atoms with Crippen molar-refractivity contribution in [2.24, 2.45) is 0 Å². The summed E-state index contributed by atoms with van der Waals surface area (Å²) in [5, 5.41) is 9.16. The lowest BCUT2D eigenvalue weighted by atomic mass is 10.2. The molecule has 0 saturated carbocycles. The Labute approximate surface area is 150 Å². The van der Waals surface area contributed by atoms with Gasteiger partial charge in [-0.25, -0.2) is 27.0 Å². The molecular weight excluding hydrogens is 386 g/mol. The number of carboxylic acids is 1. The molecule has 134 valence electrons. The number of sulfonamides is 1. The maximum atomic E-state index is 13.7. The third-order valence-electron chi connectivity index (χ3n) is 3.29. The minimum atomic E-state index is -4.04. The number of thiazole rings is 1. The number of hydrogen-bond donors (Lipinski definition) is 2. The van der Waals surface area contributed by atoms with Crippen molar-refractivity contribution < 1.29 is 27.1 Å². The van der Waals surface area contributed by atoms with Gasteiger partial charge in [0.2, 0.25) is 0 Å². The van der Waals surface area contributed by atoms with Gasteiger partial charge in [-0.1, -0.05) is 0 Å². The molecule has 0 radical (unpaired) electrons. The molecule has 0 aliphatic heterocycles. The van der Waals surface area contributed by atoms with E-state index in [0.29, 0.717) is 10.6 Å². The Hall–Kier alpha value is -2.85. The number of hydrogen-bond acceptors (Lipinski definition) is 5. The van der Waals surface area contributed by atoms with E-state index in [0.717, 1.165) is 35.7 Å². The molecule has 0 spiro atoms. The SMILES string of the molecule is O=C(O)c1ccc(NS(=O)(=O)c2cnc(-c3ccc(F)cc3)s2)cc1F. The average Bonchev–Trinajstić information content (AvgIpc) is 3.06. The second-order valence-corrected chi connectivity index (χ2v) is 8.04. The lowest BCUT2D eigenvalue weighted by molar-refractivity contribution is 0.0692. The monoisotopic (exact) mass is 396 g/mol. The van der Waals surface area contributed by atoms with Crippen molar-refractivity contribution in [3.8, 4) is 10.6 Å². The highest BCUT2D eigenvalue weighted by Gasteiger charge is 2.20. The van der Waals surface area contributed by atoms with Gasteiger partial charge in [0.15, 0.2) is 4.21 Å². The zero-order valence-corrected chi connectivity index (χ0v) is 14.4. The summed E-state index contributed by atoms with van der Waals surface area (Å²) >= 11 is 0.858. The summed E-state index contributed by atoms with van der Waals surface area (Å²) in [4.78, 5) is 14.8. The number of anilines is 1. The number of nitrogens with zero attached hydrogens (tertiary/aromatic N) is 1. The number of aromatic carboxylic acids is 1. The number of carboxylic acid groups (broad SMARTS) is 1. The highest BCUT2D eigenvalue weighted by Crippen LogP contribution is 2.29. The molecule has 0 unspecified atom stereocenters. The van der Waals surface area contributed by atoms with E-state index in [-0.39, 0.29) is 9.90 Å². The summed E-state index contributed by atoms with van der Waals surface area (Å²) in [5.74, 6) is -2.94. The first-order valence-electron chi connectivity index (χ1n) is 7.04. The normalized spacial score (nSPS) is 11.3. The molecule has 3 aromatic rings. The Kier molecular flexibility index (Phi) is 4.70. The Morgan fingerprint density at radius 3 is 2.42 bits per heavy atom. The van der Waals surface area contributed by atoms with Crippen LogP contribution in [0.1, 0.15) is 10.4 Å². The standard InChI is InChI=1S/C16H10F2N2O4S2/c17-10-3-1-9(2-4-10)15-19-8-14(25-15)26(23,24)20-11-5-6-12(16(21)22)13(18)7-11/h1-8,20H,(H,21,22). The van der Waals surface area contributed by atoms with E-state index in [1.807, 2.05) is 0 Å². The highest BCUT2D eigenvalue weighted by atomic mass is 32.2. The van der Waals surface area contributed by atoms with Crippen molar-refractivity contribution in [3.05, 3.63) is 65.9 Å². The van der Waals surface area contributed by atoms with Crippen LogP contribution in [0.15, 0.2) is 52.9 Å². The number of benzene rings is 2. The Bertz CT molecular complexity index is 1080. The van der Waals surface area contributed by atoms with Crippen LogP contribution in [0.5, 0.6) is 0 Å². The lowest BCUT2D eigenvalue weighted by Gasteiger charge is -2.07. The Balaban J connectivity index is 1.86. The summed E-state index contributed by atoms with van der Waals surface area (Å²) in [6.45, 7) is 0. The van der Waals surface area contributed by atoms with Crippen molar-refractivity contribution >= 4 is 33.0 Å². The molecule has 2 aromatic carbocycles. The van der Waals surface area contributed by atoms with Crippen LogP contribution < -0.4 is 4.72 Å². The predicted molar refractivity (Wildman–Crippen MR) is 91.7 cm³/mol. The number of rotatable bonds is 5. The van der Waals surface area contributed by atoms with Gasteiger partial charge in [-0.05, 0) is 42.5 Å². The molecule has 0 saturated heterocycles.